The Morgan fingerprint density at radius 3 is 3.08 bits per heavy atom. The fourth-order valence-corrected chi connectivity index (χ4v) is 1.40. The van der Waals surface area contributed by atoms with Gasteiger partial charge in [-0.2, -0.15) is 0 Å². The minimum Gasteiger partial charge on any atom is -0.478 e. The number of halogens is 1. The predicted octanol–water partition coefficient (Wildman–Crippen LogP) is 1.84. The van der Waals surface area contributed by atoms with E-state index >= 15 is 0 Å². The molecule has 0 aliphatic heterocycles. The van der Waals surface area contributed by atoms with Gasteiger partial charge < -0.3 is 5.11 Å². The van der Waals surface area contributed by atoms with Crippen LogP contribution in [0.4, 0.5) is 4.39 Å². The van der Waals surface area contributed by atoms with Crippen LogP contribution in [0.25, 0.3) is 0 Å². The Morgan fingerprint density at radius 2 is 2.46 bits per heavy atom. The summed E-state index contributed by atoms with van der Waals surface area (Å²) in [6.07, 6.45) is 1.41. The van der Waals surface area contributed by atoms with Gasteiger partial charge in [0.15, 0.2) is 0 Å². The molecule has 1 aromatic heterocycles. The van der Waals surface area contributed by atoms with Gasteiger partial charge in [0.2, 0.25) is 0 Å². The van der Waals surface area contributed by atoms with Crippen molar-refractivity contribution in [1.29, 1.82) is 0 Å². The maximum absolute atomic E-state index is 11.8. The number of carboxylic acid groups (broad SMARTS) is 1. The van der Waals surface area contributed by atoms with Gasteiger partial charge in [0.05, 0.1) is 17.3 Å². The van der Waals surface area contributed by atoms with E-state index in [1.807, 2.05) is 0 Å². The predicted molar refractivity (Wildman–Crippen MR) is 47.9 cm³/mol. The van der Waals surface area contributed by atoms with E-state index in [9.17, 15) is 9.18 Å². The van der Waals surface area contributed by atoms with Crippen LogP contribution in [0.5, 0.6) is 0 Å². The van der Waals surface area contributed by atoms with Gasteiger partial charge >= 0.3 is 5.97 Å². The zero-order valence-electron chi connectivity index (χ0n) is 6.74. The highest BCUT2D eigenvalue weighted by Gasteiger charge is 2.03. The first-order valence-corrected chi connectivity index (χ1v) is 4.60. The fraction of sp³-hybridized carbons (Fsp3) is 0.250. The van der Waals surface area contributed by atoms with Crippen molar-refractivity contribution in [3.63, 3.8) is 0 Å². The Bertz CT molecular complexity index is 306. The minimum absolute atomic E-state index is 0.177. The maximum atomic E-state index is 11.8. The summed E-state index contributed by atoms with van der Waals surface area (Å²) in [5.74, 6) is -0.694. The third kappa shape index (κ3) is 3.02. The fourth-order valence-electron chi connectivity index (χ4n) is 0.765. The van der Waals surface area contributed by atoms with E-state index in [-0.39, 0.29) is 5.56 Å². The van der Waals surface area contributed by atoms with E-state index in [1.165, 1.54) is 30.1 Å². The van der Waals surface area contributed by atoms with Gasteiger partial charge in [0.1, 0.15) is 0 Å². The topological polar surface area (TPSA) is 50.2 Å². The average molecular weight is 201 g/mol. The van der Waals surface area contributed by atoms with Crippen LogP contribution >= 0.6 is 11.8 Å². The molecule has 0 aliphatic rings. The number of carbonyl (C=O) groups is 1. The van der Waals surface area contributed by atoms with Gasteiger partial charge in [-0.25, -0.2) is 9.78 Å². The number of nitrogens with zero attached hydrogens (tertiary/aromatic N) is 1. The minimum atomic E-state index is -0.996. The molecule has 0 spiro atoms. The SMILES string of the molecule is O=C(O)c1ccnc(SCCF)c1. The maximum Gasteiger partial charge on any atom is 0.335 e. The van der Waals surface area contributed by atoms with E-state index in [4.69, 9.17) is 5.11 Å². The van der Waals surface area contributed by atoms with Crippen LogP contribution in [0, 0.1) is 0 Å². The molecular weight excluding hydrogens is 193 g/mol. The van der Waals surface area contributed by atoms with Crippen LogP contribution in [0.15, 0.2) is 23.4 Å². The van der Waals surface area contributed by atoms with Crippen molar-refractivity contribution in [3.05, 3.63) is 23.9 Å². The lowest BCUT2D eigenvalue weighted by molar-refractivity contribution is 0.0696. The first-order valence-electron chi connectivity index (χ1n) is 3.62. The molecule has 1 rings (SSSR count). The van der Waals surface area contributed by atoms with Crippen molar-refractivity contribution in [2.45, 2.75) is 5.03 Å². The molecule has 1 heterocycles. The number of aromatic nitrogens is 1. The van der Waals surface area contributed by atoms with Crippen LogP contribution in [0.1, 0.15) is 10.4 Å². The van der Waals surface area contributed by atoms with Crippen molar-refractivity contribution in [3.8, 4) is 0 Å². The van der Waals surface area contributed by atoms with Gasteiger partial charge in [-0.05, 0) is 12.1 Å². The highest BCUT2D eigenvalue weighted by atomic mass is 32.2. The standard InChI is InChI=1S/C8H8FNO2S/c9-2-4-13-7-5-6(8(11)12)1-3-10-7/h1,3,5H,2,4H2,(H,11,12). The second kappa shape index (κ2) is 4.81. The highest BCUT2D eigenvalue weighted by Crippen LogP contribution is 2.15. The molecule has 13 heavy (non-hydrogen) atoms. The van der Waals surface area contributed by atoms with Gasteiger partial charge in [0, 0.05) is 11.9 Å². The zero-order valence-corrected chi connectivity index (χ0v) is 7.55. The number of hydrogen-bond acceptors (Lipinski definition) is 3. The number of rotatable bonds is 4. The molecule has 70 valence electrons. The van der Waals surface area contributed by atoms with E-state index in [0.717, 1.165) is 0 Å². The molecule has 0 saturated carbocycles. The van der Waals surface area contributed by atoms with Gasteiger partial charge in [-0.3, -0.25) is 4.39 Å². The van der Waals surface area contributed by atoms with Crippen molar-refractivity contribution in [2.75, 3.05) is 12.4 Å². The van der Waals surface area contributed by atoms with Crippen molar-refractivity contribution >= 4 is 17.7 Å². The monoisotopic (exact) mass is 201 g/mol. The Balaban J connectivity index is 2.73. The Labute approximate surface area is 79.0 Å². The van der Waals surface area contributed by atoms with E-state index in [2.05, 4.69) is 4.98 Å². The van der Waals surface area contributed by atoms with Crippen LogP contribution < -0.4 is 0 Å². The summed E-state index contributed by atoms with van der Waals surface area (Å²) < 4.78 is 11.8. The second-order valence-corrected chi connectivity index (χ2v) is 3.34. The van der Waals surface area contributed by atoms with Crippen LogP contribution in [-0.2, 0) is 0 Å². The molecule has 0 aliphatic carbocycles. The molecule has 0 fully saturated rings. The van der Waals surface area contributed by atoms with E-state index in [0.29, 0.717) is 10.8 Å². The number of pyridine rings is 1. The number of hydrogen-bond donors (Lipinski definition) is 1. The molecule has 0 amide bonds. The lowest BCUT2D eigenvalue weighted by atomic mass is 10.3. The second-order valence-electron chi connectivity index (χ2n) is 2.23. The smallest absolute Gasteiger partial charge is 0.335 e. The third-order valence-corrected chi connectivity index (χ3v) is 2.19. The Kier molecular flexibility index (Phi) is 3.70. The Morgan fingerprint density at radius 1 is 1.69 bits per heavy atom. The third-order valence-electron chi connectivity index (χ3n) is 1.31. The number of aromatic carboxylic acids is 1. The molecule has 0 saturated heterocycles. The van der Waals surface area contributed by atoms with Crippen LogP contribution in [-0.4, -0.2) is 28.5 Å². The molecule has 0 radical (unpaired) electrons. The summed E-state index contributed by atoms with van der Waals surface area (Å²) >= 11 is 1.20. The lowest BCUT2D eigenvalue weighted by Crippen LogP contribution is -1.97. The number of thioether (sulfide) groups is 1. The normalized spacial score (nSPS) is 9.92. The summed E-state index contributed by atoms with van der Waals surface area (Å²) in [5, 5.41) is 9.16. The zero-order chi connectivity index (χ0) is 9.68. The van der Waals surface area contributed by atoms with E-state index in [1.54, 1.807) is 0 Å². The van der Waals surface area contributed by atoms with Crippen molar-refractivity contribution in [2.24, 2.45) is 0 Å². The first kappa shape index (κ1) is 9.98. The summed E-state index contributed by atoms with van der Waals surface area (Å²) in [4.78, 5) is 14.4. The highest BCUT2D eigenvalue weighted by molar-refractivity contribution is 7.99. The molecule has 1 aromatic rings. The van der Waals surface area contributed by atoms with Crippen LogP contribution in [0.2, 0.25) is 0 Å². The summed E-state index contributed by atoms with van der Waals surface area (Å²) in [6, 6.07) is 2.84. The Hall–Kier alpha value is -1.10. The largest absolute Gasteiger partial charge is 0.478 e. The first-order chi connectivity index (χ1) is 6.24. The molecule has 0 unspecified atom stereocenters. The van der Waals surface area contributed by atoms with Gasteiger partial charge in [-0.1, -0.05) is 0 Å². The molecular formula is C8H8FNO2S. The molecule has 0 bridgehead atoms. The van der Waals surface area contributed by atoms with Crippen LogP contribution in [0.3, 0.4) is 0 Å². The van der Waals surface area contributed by atoms with Crippen molar-refractivity contribution in [1.82, 2.24) is 4.98 Å². The number of carboxylic acids is 1. The molecule has 0 aromatic carbocycles. The van der Waals surface area contributed by atoms with Crippen molar-refractivity contribution < 1.29 is 14.3 Å². The van der Waals surface area contributed by atoms with E-state index < -0.39 is 12.6 Å². The molecule has 5 heteroatoms. The van der Waals surface area contributed by atoms with Gasteiger partial charge in [0.25, 0.3) is 0 Å². The van der Waals surface area contributed by atoms with Gasteiger partial charge in [-0.15, -0.1) is 11.8 Å². The average Bonchev–Trinajstić information content (AvgIpc) is 2.15. The molecule has 1 N–H and O–H groups in total. The molecule has 0 atom stereocenters. The summed E-state index contributed by atoms with van der Waals surface area (Å²) in [5.41, 5.74) is 0.177. The quantitative estimate of drug-likeness (QED) is 0.755. The summed E-state index contributed by atoms with van der Waals surface area (Å²) in [7, 11) is 0. The lowest BCUT2D eigenvalue weighted by Gasteiger charge is -1.98. The number of alkyl halides is 1. The molecule has 3 nitrogen and oxygen atoms in total. The summed E-state index contributed by atoms with van der Waals surface area (Å²) in [6.45, 7) is -0.441.